The van der Waals surface area contributed by atoms with Crippen molar-refractivity contribution in [1.82, 2.24) is 0 Å². The van der Waals surface area contributed by atoms with E-state index in [1.807, 2.05) is 0 Å². The van der Waals surface area contributed by atoms with E-state index >= 15 is 0 Å². The number of methoxy groups -OCH3 is 1. The summed E-state index contributed by atoms with van der Waals surface area (Å²) in [5.74, 6) is -0.996. The highest BCUT2D eigenvalue weighted by atomic mass is 16.6. The zero-order valence-corrected chi connectivity index (χ0v) is 17.5. The van der Waals surface area contributed by atoms with Crippen LogP contribution in [0.2, 0.25) is 0 Å². The van der Waals surface area contributed by atoms with Crippen molar-refractivity contribution < 1.29 is 29.2 Å². The molecule has 3 aromatic carbocycles. The van der Waals surface area contributed by atoms with E-state index in [4.69, 9.17) is 9.47 Å². The van der Waals surface area contributed by atoms with E-state index in [0.29, 0.717) is 5.56 Å². The molecule has 2 atom stereocenters. The van der Waals surface area contributed by atoms with Gasteiger partial charge >= 0.3 is 5.97 Å². The third-order valence-electron chi connectivity index (χ3n) is 5.10. The van der Waals surface area contributed by atoms with E-state index in [0.717, 1.165) is 25.3 Å². The quantitative estimate of drug-likeness (QED) is 0.293. The van der Waals surface area contributed by atoms with Gasteiger partial charge in [0.25, 0.3) is 11.4 Å². The van der Waals surface area contributed by atoms with Gasteiger partial charge < -0.3 is 14.6 Å². The minimum absolute atomic E-state index is 0.136. The predicted octanol–water partition coefficient (Wildman–Crippen LogP) is 3.82. The van der Waals surface area contributed by atoms with Crippen molar-refractivity contribution in [3.8, 4) is 0 Å². The smallest absolute Gasteiger partial charge is 0.346 e. The van der Waals surface area contributed by atoms with Crippen LogP contribution in [0.15, 0.2) is 78.9 Å². The number of nitro groups is 2. The van der Waals surface area contributed by atoms with Gasteiger partial charge in [-0.05, 0) is 17.2 Å². The first-order valence-electron chi connectivity index (χ1n) is 9.74. The Kier molecular flexibility index (Phi) is 7.11. The number of carbonyl (C=O) groups is 1. The molecule has 170 valence electrons. The molecule has 0 fully saturated rings. The topological polar surface area (TPSA) is 142 Å². The Morgan fingerprint density at radius 3 is 2.12 bits per heavy atom. The lowest BCUT2D eigenvalue weighted by atomic mass is 9.83. The van der Waals surface area contributed by atoms with Crippen molar-refractivity contribution in [2.24, 2.45) is 0 Å². The van der Waals surface area contributed by atoms with Gasteiger partial charge in [-0.15, -0.1) is 0 Å². The average molecular weight is 452 g/mol. The number of benzene rings is 3. The number of esters is 1. The van der Waals surface area contributed by atoms with Gasteiger partial charge in [-0.2, -0.15) is 0 Å². The third kappa shape index (κ3) is 4.71. The number of nitrogens with zero attached hydrogens (tertiary/aromatic N) is 2. The monoisotopic (exact) mass is 452 g/mol. The first-order chi connectivity index (χ1) is 15.8. The molecule has 3 rings (SSSR count). The molecule has 0 amide bonds. The first kappa shape index (κ1) is 23.5. The zero-order valence-electron chi connectivity index (χ0n) is 17.5. The molecular weight excluding hydrogens is 432 g/mol. The lowest BCUT2D eigenvalue weighted by molar-refractivity contribution is -0.395. The zero-order chi connectivity index (χ0) is 24.0. The molecule has 1 N–H and O–H groups in total. The summed E-state index contributed by atoms with van der Waals surface area (Å²) in [6.45, 7) is -0.136. The summed E-state index contributed by atoms with van der Waals surface area (Å²) in [5, 5.41) is 34.2. The molecule has 0 aliphatic carbocycles. The maximum absolute atomic E-state index is 13.1. The minimum atomic E-state index is -2.20. The van der Waals surface area contributed by atoms with Crippen LogP contribution in [0.4, 0.5) is 11.4 Å². The summed E-state index contributed by atoms with van der Waals surface area (Å²) in [6.07, 6.45) is -1.93. The second kappa shape index (κ2) is 9.98. The fourth-order valence-electron chi connectivity index (χ4n) is 3.47. The molecule has 3 aromatic rings. The number of carbonyl (C=O) groups excluding carboxylic acids is 1. The number of hydrogen-bond acceptors (Lipinski definition) is 8. The van der Waals surface area contributed by atoms with Gasteiger partial charge in [0.1, 0.15) is 6.10 Å². The third-order valence-corrected chi connectivity index (χ3v) is 5.10. The number of aliphatic hydroxyl groups excluding tert-OH is 1. The van der Waals surface area contributed by atoms with Gasteiger partial charge in [-0.3, -0.25) is 20.2 Å². The lowest BCUT2D eigenvalue weighted by Crippen LogP contribution is -2.45. The lowest BCUT2D eigenvalue weighted by Gasteiger charge is -2.35. The number of ether oxygens (including phenoxy) is 2. The minimum Gasteiger partial charge on any atom is -0.467 e. The van der Waals surface area contributed by atoms with Gasteiger partial charge in [-0.25, -0.2) is 4.79 Å². The molecule has 0 heterocycles. The molecule has 0 bridgehead atoms. The van der Waals surface area contributed by atoms with Gasteiger partial charge in [0.05, 0.1) is 35.2 Å². The summed E-state index contributed by atoms with van der Waals surface area (Å²) in [4.78, 5) is 34.3. The second-order valence-electron chi connectivity index (χ2n) is 7.03. The summed E-state index contributed by atoms with van der Waals surface area (Å²) in [6, 6.07) is 19.5. The fraction of sp³-hybridized carbons (Fsp3) is 0.174. The van der Waals surface area contributed by atoms with Crippen LogP contribution in [-0.4, -0.2) is 28.0 Å². The largest absolute Gasteiger partial charge is 0.467 e. The van der Waals surface area contributed by atoms with E-state index in [9.17, 15) is 30.1 Å². The Balaban J connectivity index is 2.20. The van der Waals surface area contributed by atoms with E-state index in [1.165, 1.54) is 12.1 Å². The molecule has 10 nitrogen and oxygen atoms in total. The van der Waals surface area contributed by atoms with E-state index < -0.39 is 38.9 Å². The van der Waals surface area contributed by atoms with Crippen LogP contribution in [0.25, 0.3) is 0 Å². The van der Waals surface area contributed by atoms with Gasteiger partial charge in [0.15, 0.2) is 0 Å². The Morgan fingerprint density at radius 1 is 0.970 bits per heavy atom. The summed E-state index contributed by atoms with van der Waals surface area (Å²) in [7, 11) is 1.10. The van der Waals surface area contributed by atoms with E-state index in [-0.39, 0.29) is 17.7 Å². The van der Waals surface area contributed by atoms with Crippen molar-refractivity contribution in [2.45, 2.75) is 18.3 Å². The summed E-state index contributed by atoms with van der Waals surface area (Å²) in [5.41, 5.74) is -2.95. The predicted molar refractivity (Wildman–Crippen MR) is 116 cm³/mol. The highest BCUT2D eigenvalue weighted by Gasteiger charge is 2.52. The molecule has 0 aromatic heterocycles. The molecule has 0 aliphatic heterocycles. The molecule has 0 unspecified atom stereocenters. The molecule has 0 spiro atoms. The number of nitro benzene ring substituents is 2. The van der Waals surface area contributed by atoms with E-state index in [1.54, 1.807) is 48.5 Å². The summed E-state index contributed by atoms with van der Waals surface area (Å²) >= 11 is 0. The van der Waals surface area contributed by atoms with Gasteiger partial charge in [0, 0.05) is 6.07 Å². The van der Waals surface area contributed by atoms with Gasteiger partial charge in [-0.1, -0.05) is 60.7 Å². The van der Waals surface area contributed by atoms with Crippen LogP contribution < -0.4 is 0 Å². The molecule has 10 heteroatoms. The Labute approximate surface area is 188 Å². The van der Waals surface area contributed by atoms with Crippen LogP contribution in [0.5, 0.6) is 0 Å². The molecule has 0 radical (unpaired) electrons. The number of aliphatic hydroxyl groups is 1. The van der Waals surface area contributed by atoms with Crippen LogP contribution >= 0.6 is 0 Å². The first-order valence-corrected chi connectivity index (χ1v) is 9.74. The number of rotatable bonds is 9. The average Bonchev–Trinajstić information content (AvgIpc) is 2.84. The van der Waals surface area contributed by atoms with Crippen molar-refractivity contribution in [3.63, 3.8) is 0 Å². The molecular formula is C23H20N2O8. The molecule has 0 saturated carbocycles. The van der Waals surface area contributed by atoms with Crippen molar-refractivity contribution >= 4 is 17.3 Å². The van der Waals surface area contributed by atoms with Crippen molar-refractivity contribution in [3.05, 3.63) is 116 Å². The Morgan fingerprint density at radius 2 is 1.58 bits per heavy atom. The van der Waals surface area contributed by atoms with E-state index in [2.05, 4.69) is 0 Å². The van der Waals surface area contributed by atoms with Gasteiger partial charge in [0.2, 0.25) is 5.60 Å². The highest BCUT2D eigenvalue weighted by Crippen LogP contribution is 2.44. The van der Waals surface area contributed by atoms with Crippen molar-refractivity contribution in [2.75, 3.05) is 7.11 Å². The molecule has 33 heavy (non-hydrogen) atoms. The maximum Gasteiger partial charge on any atom is 0.346 e. The molecule has 0 aliphatic rings. The normalized spacial score (nSPS) is 13.5. The number of hydrogen-bond donors (Lipinski definition) is 1. The SMILES string of the molecule is COC(=O)[C@](OCc1ccccc1)(c1ccccc1)[C@H](O)c1ccc([N+](=O)[O-])cc1[N+](=O)[O-]. The fourth-order valence-corrected chi connectivity index (χ4v) is 3.47. The Hall–Kier alpha value is -4.15. The van der Waals surface area contributed by atoms with Crippen LogP contribution in [0.3, 0.4) is 0 Å². The second-order valence-corrected chi connectivity index (χ2v) is 7.03. The Bertz CT molecular complexity index is 1150. The summed E-state index contributed by atoms with van der Waals surface area (Å²) < 4.78 is 11.0. The van der Waals surface area contributed by atoms with Crippen LogP contribution in [-0.2, 0) is 26.5 Å². The van der Waals surface area contributed by atoms with Crippen LogP contribution in [0, 0.1) is 20.2 Å². The number of non-ortho nitro benzene ring substituents is 1. The maximum atomic E-state index is 13.1. The highest BCUT2D eigenvalue weighted by molar-refractivity contribution is 5.83. The van der Waals surface area contributed by atoms with Crippen LogP contribution in [0.1, 0.15) is 22.8 Å². The van der Waals surface area contributed by atoms with Crippen molar-refractivity contribution in [1.29, 1.82) is 0 Å². The standard InChI is InChI=1S/C23H20N2O8/c1-32-22(27)23(17-10-6-3-7-11-17,33-15-16-8-4-2-5-9-16)21(26)19-13-12-18(24(28)29)14-20(19)25(30)31/h2-14,21,26H,15H2,1H3/t21-,23+/m1/s1. The molecule has 0 saturated heterocycles.